The SMILES string of the molecule is COc1cc(C[C@@H](CO)c2cc(C(=O)O)cc(OC)c2O)ccc1O. The van der Waals surface area contributed by atoms with E-state index >= 15 is 0 Å². The lowest BCUT2D eigenvalue weighted by Gasteiger charge is -2.19. The van der Waals surface area contributed by atoms with E-state index in [4.69, 9.17) is 9.47 Å². The molecule has 2 aromatic rings. The zero-order valence-electron chi connectivity index (χ0n) is 13.9. The van der Waals surface area contributed by atoms with E-state index in [-0.39, 0.29) is 40.7 Å². The monoisotopic (exact) mass is 348 g/mol. The number of hydrogen-bond acceptors (Lipinski definition) is 6. The van der Waals surface area contributed by atoms with Crippen LogP contribution in [0.1, 0.15) is 27.4 Å². The second kappa shape index (κ2) is 7.76. The van der Waals surface area contributed by atoms with E-state index in [2.05, 4.69) is 0 Å². The number of phenolic OH excluding ortho intramolecular Hbond substituents is 2. The summed E-state index contributed by atoms with van der Waals surface area (Å²) in [7, 11) is 2.75. The van der Waals surface area contributed by atoms with Crippen LogP contribution < -0.4 is 9.47 Å². The molecule has 0 aliphatic rings. The fraction of sp³-hybridized carbons (Fsp3) is 0.278. The van der Waals surface area contributed by atoms with Crippen LogP contribution in [0.3, 0.4) is 0 Å². The van der Waals surface area contributed by atoms with Crippen LogP contribution in [0.5, 0.6) is 23.0 Å². The molecule has 0 radical (unpaired) electrons. The Balaban J connectivity index is 2.43. The highest BCUT2D eigenvalue weighted by Gasteiger charge is 2.22. The standard InChI is InChI=1S/C18H20O7/c1-24-15-6-10(3-4-14(15)20)5-12(9-19)13-7-11(18(22)23)8-16(25-2)17(13)21/h3-4,6-8,12,19-21H,5,9H2,1-2H3,(H,22,23)/t12-/m0/s1. The number of methoxy groups -OCH3 is 2. The highest BCUT2D eigenvalue weighted by atomic mass is 16.5. The summed E-state index contributed by atoms with van der Waals surface area (Å²) in [6.45, 7) is -0.316. The molecule has 0 fully saturated rings. The van der Waals surface area contributed by atoms with Gasteiger partial charge < -0.3 is 29.9 Å². The zero-order valence-corrected chi connectivity index (χ0v) is 13.9. The number of rotatable bonds is 7. The summed E-state index contributed by atoms with van der Waals surface area (Å²) < 4.78 is 10.1. The Labute approximate surface area is 144 Å². The maximum absolute atomic E-state index is 11.3. The fourth-order valence-electron chi connectivity index (χ4n) is 2.63. The van der Waals surface area contributed by atoms with Crippen molar-refractivity contribution in [3.8, 4) is 23.0 Å². The van der Waals surface area contributed by atoms with Gasteiger partial charge in [-0.15, -0.1) is 0 Å². The first-order chi connectivity index (χ1) is 11.9. The molecule has 25 heavy (non-hydrogen) atoms. The molecule has 1 atom stereocenters. The van der Waals surface area contributed by atoms with E-state index in [9.17, 15) is 25.2 Å². The number of aliphatic hydroxyl groups is 1. The molecule has 134 valence electrons. The highest BCUT2D eigenvalue weighted by molar-refractivity contribution is 5.89. The molecule has 0 aromatic heterocycles. The average Bonchev–Trinajstić information content (AvgIpc) is 2.61. The fourth-order valence-corrected chi connectivity index (χ4v) is 2.63. The Morgan fingerprint density at radius 2 is 1.76 bits per heavy atom. The Kier molecular flexibility index (Phi) is 5.71. The van der Waals surface area contributed by atoms with E-state index in [1.165, 1.54) is 32.4 Å². The Bertz CT molecular complexity index is 770. The lowest BCUT2D eigenvalue weighted by molar-refractivity contribution is 0.0696. The first-order valence-corrected chi connectivity index (χ1v) is 7.52. The van der Waals surface area contributed by atoms with Crippen LogP contribution in [0.15, 0.2) is 30.3 Å². The molecule has 0 saturated heterocycles. The summed E-state index contributed by atoms with van der Waals surface area (Å²) in [5.74, 6) is -1.64. The maximum atomic E-state index is 11.3. The summed E-state index contributed by atoms with van der Waals surface area (Å²) in [4.78, 5) is 11.3. The normalized spacial score (nSPS) is 11.8. The third-order valence-electron chi connectivity index (χ3n) is 3.96. The number of carboxylic acid groups (broad SMARTS) is 1. The Morgan fingerprint density at radius 3 is 2.32 bits per heavy atom. The van der Waals surface area contributed by atoms with Gasteiger partial charge in [0.25, 0.3) is 0 Å². The quantitative estimate of drug-likeness (QED) is 0.605. The molecule has 7 nitrogen and oxygen atoms in total. The molecular formula is C18H20O7. The maximum Gasteiger partial charge on any atom is 0.335 e. The van der Waals surface area contributed by atoms with Gasteiger partial charge in [-0.1, -0.05) is 6.07 Å². The third-order valence-corrected chi connectivity index (χ3v) is 3.96. The van der Waals surface area contributed by atoms with E-state index in [0.717, 1.165) is 5.56 Å². The van der Waals surface area contributed by atoms with Crippen molar-refractivity contribution in [1.29, 1.82) is 0 Å². The van der Waals surface area contributed by atoms with Crippen molar-refractivity contribution >= 4 is 5.97 Å². The lowest BCUT2D eigenvalue weighted by atomic mass is 9.90. The number of aliphatic hydroxyl groups excluding tert-OH is 1. The molecule has 4 N–H and O–H groups in total. The van der Waals surface area contributed by atoms with Crippen LogP contribution in [0.25, 0.3) is 0 Å². The van der Waals surface area contributed by atoms with Gasteiger partial charge in [0.15, 0.2) is 23.0 Å². The number of phenols is 2. The summed E-state index contributed by atoms with van der Waals surface area (Å²) in [6, 6.07) is 7.29. The van der Waals surface area contributed by atoms with Crippen molar-refractivity contribution < 1.29 is 34.7 Å². The number of carbonyl (C=O) groups is 1. The summed E-state index contributed by atoms with van der Waals surface area (Å²) in [6.07, 6.45) is 0.299. The number of carboxylic acids is 1. The zero-order chi connectivity index (χ0) is 18.6. The molecule has 0 aliphatic carbocycles. The van der Waals surface area contributed by atoms with E-state index in [1.807, 2.05) is 0 Å². The molecule has 0 bridgehead atoms. The molecule has 0 saturated carbocycles. The van der Waals surface area contributed by atoms with Crippen LogP contribution >= 0.6 is 0 Å². The largest absolute Gasteiger partial charge is 0.504 e. The van der Waals surface area contributed by atoms with Crippen LogP contribution in [0, 0.1) is 0 Å². The molecule has 0 aliphatic heterocycles. The molecule has 0 unspecified atom stereocenters. The van der Waals surface area contributed by atoms with Gasteiger partial charge in [-0.3, -0.25) is 0 Å². The molecule has 0 spiro atoms. The number of benzene rings is 2. The Hall–Kier alpha value is -2.93. The molecule has 0 heterocycles. The van der Waals surface area contributed by atoms with Gasteiger partial charge in [-0.2, -0.15) is 0 Å². The van der Waals surface area contributed by atoms with Crippen molar-refractivity contribution in [2.24, 2.45) is 0 Å². The predicted molar refractivity (Wildman–Crippen MR) is 89.8 cm³/mol. The summed E-state index contributed by atoms with van der Waals surface area (Å²) in [5.41, 5.74) is 0.963. The van der Waals surface area contributed by atoms with Gasteiger partial charge in [0.1, 0.15) is 0 Å². The summed E-state index contributed by atoms with van der Waals surface area (Å²) in [5, 5.41) is 39.0. The van der Waals surface area contributed by atoms with Crippen molar-refractivity contribution in [1.82, 2.24) is 0 Å². The van der Waals surface area contributed by atoms with Crippen LogP contribution in [0.4, 0.5) is 0 Å². The van der Waals surface area contributed by atoms with Crippen molar-refractivity contribution in [3.05, 3.63) is 47.0 Å². The molecule has 7 heteroatoms. The van der Waals surface area contributed by atoms with Gasteiger partial charge in [-0.25, -0.2) is 4.79 Å². The highest BCUT2D eigenvalue weighted by Crippen LogP contribution is 2.38. The number of ether oxygens (including phenoxy) is 2. The second-order valence-corrected chi connectivity index (χ2v) is 5.51. The first kappa shape index (κ1) is 18.4. The van der Waals surface area contributed by atoms with E-state index in [0.29, 0.717) is 6.42 Å². The van der Waals surface area contributed by atoms with Crippen molar-refractivity contribution in [2.45, 2.75) is 12.3 Å². The number of hydrogen-bond donors (Lipinski definition) is 4. The first-order valence-electron chi connectivity index (χ1n) is 7.52. The van der Waals surface area contributed by atoms with Crippen molar-refractivity contribution in [2.75, 3.05) is 20.8 Å². The van der Waals surface area contributed by atoms with Crippen LogP contribution in [-0.4, -0.2) is 47.2 Å². The smallest absolute Gasteiger partial charge is 0.335 e. The van der Waals surface area contributed by atoms with Crippen LogP contribution in [-0.2, 0) is 6.42 Å². The minimum absolute atomic E-state index is 0.0100. The second-order valence-electron chi connectivity index (χ2n) is 5.51. The van der Waals surface area contributed by atoms with Gasteiger partial charge in [0.05, 0.1) is 26.4 Å². The Morgan fingerprint density at radius 1 is 1.08 bits per heavy atom. The summed E-state index contributed by atoms with van der Waals surface area (Å²) >= 11 is 0. The van der Waals surface area contributed by atoms with E-state index < -0.39 is 11.9 Å². The molecule has 2 aromatic carbocycles. The number of aromatic hydroxyl groups is 2. The van der Waals surface area contributed by atoms with Gasteiger partial charge >= 0.3 is 5.97 Å². The number of aromatic carboxylic acids is 1. The molecule has 2 rings (SSSR count). The predicted octanol–water partition coefficient (Wildman–Crippen LogP) is 2.13. The minimum atomic E-state index is -1.16. The topological polar surface area (TPSA) is 116 Å². The lowest BCUT2D eigenvalue weighted by Crippen LogP contribution is -2.10. The van der Waals surface area contributed by atoms with Crippen LogP contribution in [0.2, 0.25) is 0 Å². The van der Waals surface area contributed by atoms with Crippen molar-refractivity contribution in [3.63, 3.8) is 0 Å². The van der Waals surface area contributed by atoms with Gasteiger partial charge in [0, 0.05) is 11.5 Å². The minimum Gasteiger partial charge on any atom is -0.504 e. The molecule has 0 amide bonds. The average molecular weight is 348 g/mol. The van der Waals surface area contributed by atoms with Gasteiger partial charge in [-0.05, 0) is 36.2 Å². The van der Waals surface area contributed by atoms with Gasteiger partial charge in [0.2, 0.25) is 0 Å². The van der Waals surface area contributed by atoms with E-state index in [1.54, 1.807) is 12.1 Å². The molecular weight excluding hydrogens is 328 g/mol. The third kappa shape index (κ3) is 3.95.